The Kier molecular flexibility index (Phi) is 4.83. The first-order valence-corrected chi connectivity index (χ1v) is 5.59. The summed E-state index contributed by atoms with van der Waals surface area (Å²) in [5.74, 6) is 0.379. The van der Waals surface area contributed by atoms with E-state index in [1.54, 1.807) is 13.8 Å². The fourth-order valence-electron chi connectivity index (χ4n) is 1.35. The zero-order chi connectivity index (χ0) is 12.0. The van der Waals surface area contributed by atoms with Gasteiger partial charge in [0.1, 0.15) is 5.75 Å². The van der Waals surface area contributed by atoms with Gasteiger partial charge < -0.3 is 9.47 Å². The van der Waals surface area contributed by atoms with Crippen molar-refractivity contribution in [3.63, 3.8) is 0 Å². The van der Waals surface area contributed by atoms with E-state index in [0.717, 1.165) is 6.42 Å². The molecule has 1 atom stereocenters. The lowest BCUT2D eigenvalue weighted by Crippen LogP contribution is -2.26. The predicted molar refractivity (Wildman–Crippen MR) is 62.5 cm³/mol. The van der Waals surface area contributed by atoms with Crippen LogP contribution in [-0.4, -0.2) is 18.7 Å². The standard InChI is InChI=1S/C13H18O3/c1-4-11-7-6-8-12(9-11)16-10(3)13(14)15-5-2/h6-10H,4-5H2,1-3H3. The molecule has 0 bridgehead atoms. The Morgan fingerprint density at radius 1 is 1.38 bits per heavy atom. The lowest BCUT2D eigenvalue weighted by molar-refractivity contribution is -0.150. The second-order valence-corrected chi connectivity index (χ2v) is 3.51. The van der Waals surface area contributed by atoms with E-state index in [1.807, 2.05) is 24.3 Å². The molecule has 1 aromatic rings. The monoisotopic (exact) mass is 222 g/mol. The second kappa shape index (κ2) is 6.16. The lowest BCUT2D eigenvalue weighted by Gasteiger charge is -2.13. The normalized spacial score (nSPS) is 11.9. The zero-order valence-corrected chi connectivity index (χ0v) is 10.0. The molecule has 0 fully saturated rings. The molecule has 0 radical (unpaired) electrons. The smallest absolute Gasteiger partial charge is 0.347 e. The highest BCUT2D eigenvalue weighted by Crippen LogP contribution is 2.15. The molecule has 0 aliphatic carbocycles. The van der Waals surface area contributed by atoms with Gasteiger partial charge in [0.15, 0.2) is 6.10 Å². The molecule has 16 heavy (non-hydrogen) atoms. The molecule has 1 unspecified atom stereocenters. The predicted octanol–water partition coefficient (Wildman–Crippen LogP) is 2.58. The number of aryl methyl sites for hydroxylation is 1. The average Bonchev–Trinajstić information content (AvgIpc) is 2.29. The molecular weight excluding hydrogens is 204 g/mol. The molecule has 0 amide bonds. The number of hydrogen-bond acceptors (Lipinski definition) is 3. The summed E-state index contributed by atoms with van der Waals surface area (Å²) in [6.07, 6.45) is 0.386. The maximum Gasteiger partial charge on any atom is 0.347 e. The van der Waals surface area contributed by atoms with Crippen LogP contribution < -0.4 is 4.74 Å². The molecule has 3 heteroatoms. The Morgan fingerprint density at radius 2 is 2.12 bits per heavy atom. The van der Waals surface area contributed by atoms with Gasteiger partial charge in [-0.15, -0.1) is 0 Å². The Morgan fingerprint density at radius 3 is 2.75 bits per heavy atom. The SMILES string of the molecule is CCOC(=O)C(C)Oc1cccc(CC)c1. The van der Waals surface area contributed by atoms with Crippen LogP contribution >= 0.6 is 0 Å². The first kappa shape index (κ1) is 12.6. The minimum absolute atomic E-state index is 0.329. The van der Waals surface area contributed by atoms with Gasteiger partial charge in [-0.3, -0.25) is 0 Å². The first-order valence-electron chi connectivity index (χ1n) is 5.59. The lowest BCUT2D eigenvalue weighted by atomic mass is 10.2. The maximum absolute atomic E-state index is 11.4. The summed E-state index contributed by atoms with van der Waals surface area (Å²) in [4.78, 5) is 11.4. The number of carbonyl (C=O) groups is 1. The van der Waals surface area contributed by atoms with Gasteiger partial charge >= 0.3 is 5.97 Å². The number of ether oxygens (including phenoxy) is 2. The Hall–Kier alpha value is -1.51. The summed E-state index contributed by atoms with van der Waals surface area (Å²) in [5, 5.41) is 0. The molecule has 0 aliphatic heterocycles. The van der Waals surface area contributed by atoms with E-state index in [9.17, 15) is 4.79 Å². The summed E-state index contributed by atoms with van der Waals surface area (Å²) >= 11 is 0. The Labute approximate surface area is 96.4 Å². The van der Waals surface area contributed by atoms with Crippen LogP contribution in [0.4, 0.5) is 0 Å². The molecule has 88 valence electrons. The highest BCUT2D eigenvalue weighted by molar-refractivity contribution is 5.74. The molecule has 0 saturated heterocycles. The summed E-state index contributed by atoms with van der Waals surface area (Å²) in [6, 6.07) is 7.73. The molecule has 0 spiro atoms. The molecule has 0 N–H and O–H groups in total. The van der Waals surface area contributed by atoms with Crippen LogP contribution in [0.1, 0.15) is 26.3 Å². The fourth-order valence-corrected chi connectivity index (χ4v) is 1.35. The molecule has 0 heterocycles. The first-order chi connectivity index (χ1) is 7.67. The molecule has 0 aliphatic rings. The van der Waals surface area contributed by atoms with Crippen LogP contribution in [0.15, 0.2) is 24.3 Å². The van der Waals surface area contributed by atoms with Gasteiger partial charge in [0.05, 0.1) is 6.61 Å². The Bertz CT molecular complexity index is 347. The molecule has 1 aromatic carbocycles. The maximum atomic E-state index is 11.4. The van der Waals surface area contributed by atoms with E-state index in [2.05, 4.69) is 6.92 Å². The van der Waals surface area contributed by atoms with Crippen molar-refractivity contribution in [2.75, 3.05) is 6.61 Å². The largest absolute Gasteiger partial charge is 0.479 e. The van der Waals surface area contributed by atoms with Crippen molar-refractivity contribution < 1.29 is 14.3 Å². The minimum Gasteiger partial charge on any atom is -0.479 e. The van der Waals surface area contributed by atoms with E-state index in [4.69, 9.17) is 9.47 Å². The number of benzene rings is 1. The summed E-state index contributed by atoms with van der Waals surface area (Å²) in [6.45, 7) is 5.92. The van der Waals surface area contributed by atoms with E-state index in [0.29, 0.717) is 12.4 Å². The van der Waals surface area contributed by atoms with E-state index in [-0.39, 0.29) is 5.97 Å². The number of esters is 1. The Balaban J connectivity index is 2.61. The van der Waals surface area contributed by atoms with Crippen molar-refractivity contribution in [3.8, 4) is 5.75 Å². The average molecular weight is 222 g/mol. The highest BCUT2D eigenvalue weighted by atomic mass is 16.6. The van der Waals surface area contributed by atoms with Crippen molar-refractivity contribution in [1.82, 2.24) is 0 Å². The second-order valence-electron chi connectivity index (χ2n) is 3.51. The molecule has 1 rings (SSSR count). The van der Waals surface area contributed by atoms with Gasteiger partial charge in [0, 0.05) is 0 Å². The molecule has 3 nitrogen and oxygen atoms in total. The number of hydrogen-bond donors (Lipinski definition) is 0. The quantitative estimate of drug-likeness (QED) is 0.718. The number of rotatable bonds is 5. The van der Waals surface area contributed by atoms with Crippen molar-refractivity contribution in [2.24, 2.45) is 0 Å². The van der Waals surface area contributed by atoms with E-state index < -0.39 is 6.10 Å². The van der Waals surface area contributed by atoms with Crippen LogP contribution in [-0.2, 0) is 16.0 Å². The van der Waals surface area contributed by atoms with Gasteiger partial charge in [-0.05, 0) is 38.0 Å². The van der Waals surface area contributed by atoms with Crippen LogP contribution in [0.5, 0.6) is 5.75 Å². The highest BCUT2D eigenvalue weighted by Gasteiger charge is 2.15. The van der Waals surface area contributed by atoms with Crippen molar-refractivity contribution in [2.45, 2.75) is 33.3 Å². The summed E-state index contributed by atoms with van der Waals surface area (Å²) < 4.78 is 10.4. The van der Waals surface area contributed by atoms with Gasteiger partial charge in [0.2, 0.25) is 0 Å². The summed E-state index contributed by atoms with van der Waals surface area (Å²) in [5.41, 5.74) is 1.19. The van der Waals surface area contributed by atoms with Crippen LogP contribution in [0, 0.1) is 0 Å². The molecule has 0 saturated carbocycles. The topological polar surface area (TPSA) is 35.5 Å². The fraction of sp³-hybridized carbons (Fsp3) is 0.462. The molecule has 0 aromatic heterocycles. The van der Waals surface area contributed by atoms with Crippen LogP contribution in [0.25, 0.3) is 0 Å². The van der Waals surface area contributed by atoms with Crippen molar-refractivity contribution >= 4 is 5.97 Å². The van der Waals surface area contributed by atoms with Gasteiger partial charge in [-0.25, -0.2) is 4.79 Å². The van der Waals surface area contributed by atoms with Crippen molar-refractivity contribution in [3.05, 3.63) is 29.8 Å². The summed E-state index contributed by atoms with van der Waals surface area (Å²) in [7, 11) is 0. The van der Waals surface area contributed by atoms with E-state index in [1.165, 1.54) is 5.56 Å². The van der Waals surface area contributed by atoms with Gasteiger partial charge in [-0.1, -0.05) is 19.1 Å². The van der Waals surface area contributed by atoms with Crippen LogP contribution in [0.2, 0.25) is 0 Å². The minimum atomic E-state index is -0.563. The van der Waals surface area contributed by atoms with Crippen LogP contribution in [0.3, 0.4) is 0 Å². The van der Waals surface area contributed by atoms with Crippen molar-refractivity contribution in [1.29, 1.82) is 0 Å². The third-order valence-electron chi connectivity index (χ3n) is 2.24. The zero-order valence-electron chi connectivity index (χ0n) is 10.0. The third-order valence-corrected chi connectivity index (χ3v) is 2.24. The van der Waals surface area contributed by atoms with Gasteiger partial charge in [-0.2, -0.15) is 0 Å². The number of carbonyl (C=O) groups excluding carboxylic acids is 1. The van der Waals surface area contributed by atoms with E-state index >= 15 is 0 Å². The molecular formula is C13H18O3. The third kappa shape index (κ3) is 3.57. The van der Waals surface area contributed by atoms with Gasteiger partial charge in [0.25, 0.3) is 0 Å².